The quantitative estimate of drug-likeness (QED) is 0.710. The molecule has 27 heavy (non-hydrogen) atoms. The van der Waals surface area contributed by atoms with Crippen LogP contribution in [-0.2, 0) is 11.3 Å². The van der Waals surface area contributed by atoms with Gasteiger partial charge in [0.1, 0.15) is 5.82 Å². The van der Waals surface area contributed by atoms with Gasteiger partial charge < -0.3 is 10.5 Å². The minimum absolute atomic E-state index is 0.0608. The number of hydrogen-bond donors (Lipinski definition) is 1. The molecular weight excluding hydrogens is 346 g/mol. The van der Waals surface area contributed by atoms with Crippen molar-refractivity contribution in [2.24, 2.45) is 0 Å². The van der Waals surface area contributed by atoms with E-state index in [0.29, 0.717) is 16.8 Å². The highest BCUT2D eigenvalue weighted by Crippen LogP contribution is 2.14. The summed E-state index contributed by atoms with van der Waals surface area (Å²) in [5, 5.41) is 0. The molecule has 0 aliphatic carbocycles. The van der Waals surface area contributed by atoms with Crippen LogP contribution in [0.15, 0.2) is 64.2 Å². The molecule has 0 saturated heterocycles. The van der Waals surface area contributed by atoms with Crippen LogP contribution >= 0.6 is 0 Å². The molecular formula is C20H19N3O4. The Morgan fingerprint density at radius 3 is 2.37 bits per heavy atom. The molecule has 1 aromatic heterocycles. The predicted octanol–water partition coefficient (Wildman–Crippen LogP) is 1.72. The number of nitrogens with zero attached hydrogens (tertiary/aromatic N) is 2. The fourth-order valence-corrected chi connectivity index (χ4v) is 2.84. The number of aryl methyl sites for hydroxylation is 1. The third-order valence-corrected chi connectivity index (χ3v) is 4.29. The van der Waals surface area contributed by atoms with Crippen molar-refractivity contribution in [2.75, 3.05) is 12.8 Å². The maximum absolute atomic E-state index is 13.0. The van der Waals surface area contributed by atoms with Gasteiger partial charge in [0.2, 0.25) is 0 Å². The lowest BCUT2D eigenvalue weighted by Gasteiger charge is -2.14. The van der Waals surface area contributed by atoms with Crippen molar-refractivity contribution in [1.29, 1.82) is 0 Å². The molecule has 0 aliphatic heterocycles. The van der Waals surface area contributed by atoms with Gasteiger partial charge in [-0.15, -0.1) is 0 Å². The molecule has 0 fully saturated rings. The first-order valence-electron chi connectivity index (χ1n) is 8.28. The lowest BCUT2D eigenvalue weighted by Crippen LogP contribution is -2.40. The first-order valence-corrected chi connectivity index (χ1v) is 8.28. The van der Waals surface area contributed by atoms with E-state index < -0.39 is 17.2 Å². The average molecular weight is 365 g/mol. The fraction of sp³-hybridized carbons (Fsp3) is 0.150. The Morgan fingerprint density at radius 2 is 1.74 bits per heavy atom. The molecule has 1 heterocycles. The summed E-state index contributed by atoms with van der Waals surface area (Å²) in [6.45, 7) is 1.92. The normalized spacial score (nSPS) is 10.6. The van der Waals surface area contributed by atoms with E-state index in [-0.39, 0.29) is 12.4 Å². The van der Waals surface area contributed by atoms with Gasteiger partial charge in [-0.05, 0) is 36.2 Å². The predicted molar refractivity (Wildman–Crippen MR) is 102 cm³/mol. The number of ether oxygens (including phenoxy) is 1. The minimum Gasteiger partial charge on any atom is -0.465 e. The zero-order chi connectivity index (χ0) is 19.6. The van der Waals surface area contributed by atoms with Gasteiger partial charge in [0, 0.05) is 6.07 Å². The van der Waals surface area contributed by atoms with E-state index in [9.17, 15) is 14.4 Å². The molecule has 138 valence electrons. The molecule has 0 aliphatic rings. The fourth-order valence-electron chi connectivity index (χ4n) is 2.84. The number of carbonyl (C=O) groups excluding carboxylic acids is 1. The molecule has 2 aromatic carbocycles. The van der Waals surface area contributed by atoms with Crippen molar-refractivity contribution >= 4 is 11.8 Å². The Labute approximate surface area is 155 Å². The average Bonchev–Trinajstić information content (AvgIpc) is 2.66. The lowest BCUT2D eigenvalue weighted by molar-refractivity contribution is 0.0600. The molecule has 0 atom stereocenters. The van der Waals surface area contributed by atoms with Crippen molar-refractivity contribution < 1.29 is 9.53 Å². The van der Waals surface area contributed by atoms with Gasteiger partial charge in [0.05, 0.1) is 24.9 Å². The molecule has 0 spiro atoms. The van der Waals surface area contributed by atoms with Crippen LogP contribution in [0.4, 0.5) is 5.82 Å². The summed E-state index contributed by atoms with van der Waals surface area (Å²) in [5.74, 6) is -0.371. The Kier molecular flexibility index (Phi) is 4.94. The molecule has 0 amide bonds. The van der Waals surface area contributed by atoms with Crippen LogP contribution in [0.3, 0.4) is 0 Å². The van der Waals surface area contributed by atoms with Crippen LogP contribution in [0, 0.1) is 6.92 Å². The summed E-state index contributed by atoms with van der Waals surface area (Å²) in [4.78, 5) is 36.8. The van der Waals surface area contributed by atoms with Crippen molar-refractivity contribution in [3.8, 4) is 5.69 Å². The van der Waals surface area contributed by atoms with E-state index in [2.05, 4.69) is 4.74 Å². The van der Waals surface area contributed by atoms with Crippen molar-refractivity contribution in [3.63, 3.8) is 0 Å². The number of aromatic nitrogens is 2. The number of hydrogen-bond acceptors (Lipinski definition) is 5. The van der Waals surface area contributed by atoms with Gasteiger partial charge in [-0.25, -0.2) is 14.2 Å². The summed E-state index contributed by atoms with van der Waals surface area (Å²) < 4.78 is 7.09. The van der Waals surface area contributed by atoms with Crippen molar-refractivity contribution in [1.82, 2.24) is 9.13 Å². The van der Waals surface area contributed by atoms with E-state index in [1.807, 2.05) is 19.1 Å². The minimum atomic E-state index is -0.522. The van der Waals surface area contributed by atoms with Gasteiger partial charge in [-0.3, -0.25) is 9.36 Å². The maximum atomic E-state index is 13.0. The Balaban J connectivity index is 2.06. The number of anilines is 1. The molecule has 0 unspecified atom stereocenters. The number of nitrogen functional groups attached to an aromatic ring is 1. The van der Waals surface area contributed by atoms with Crippen LogP contribution in [0.2, 0.25) is 0 Å². The lowest BCUT2D eigenvalue weighted by atomic mass is 10.1. The summed E-state index contributed by atoms with van der Waals surface area (Å²) in [6, 6.07) is 15.0. The summed E-state index contributed by atoms with van der Waals surface area (Å²) in [5.41, 5.74) is 7.51. The highest BCUT2D eigenvalue weighted by atomic mass is 16.5. The summed E-state index contributed by atoms with van der Waals surface area (Å²) >= 11 is 0. The molecule has 2 N–H and O–H groups in total. The van der Waals surface area contributed by atoms with Gasteiger partial charge in [0.15, 0.2) is 0 Å². The van der Waals surface area contributed by atoms with Crippen molar-refractivity contribution in [2.45, 2.75) is 13.5 Å². The second-order valence-corrected chi connectivity index (χ2v) is 6.09. The molecule has 0 bridgehead atoms. The van der Waals surface area contributed by atoms with Gasteiger partial charge in [0.25, 0.3) is 5.56 Å². The first-order chi connectivity index (χ1) is 12.9. The Bertz CT molecular complexity index is 1110. The van der Waals surface area contributed by atoms with Crippen LogP contribution in [-0.4, -0.2) is 22.2 Å². The molecule has 0 saturated carbocycles. The molecule has 3 rings (SSSR count). The number of esters is 1. The van der Waals surface area contributed by atoms with Crippen LogP contribution < -0.4 is 17.0 Å². The smallest absolute Gasteiger partial charge is 0.337 e. The number of para-hydroxylation sites is 1. The SMILES string of the molecule is COC(=O)c1ccc(Cn2c(=O)cc(N)n(-c3ccccc3C)c2=O)cc1. The summed E-state index contributed by atoms with van der Waals surface area (Å²) in [6.07, 6.45) is 0. The highest BCUT2D eigenvalue weighted by molar-refractivity contribution is 5.89. The number of benzene rings is 2. The number of carbonyl (C=O) groups is 1. The first kappa shape index (κ1) is 18.2. The van der Waals surface area contributed by atoms with Gasteiger partial charge >= 0.3 is 11.7 Å². The second-order valence-electron chi connectivity index (χ2n) is 6.09. The molecule has 7 nitrogen and oxygen atoms in total. The largest absolute Gasteiger partial charge is 0.465 e. The van der Waals surface area contributed by atoms with E-state index in [0.717, 1.165) is 10.1 Å². The van der Waals surface area contributed by atoms with E-state index in [1.165, 1.54) is 17.7 Å². The molecule has 0 radical (unpaired) electrons. The Morgan fingerprint density at radius 1 is 1.07 bits per heavy atom. The van der Waals surface area contributed by atoms with E-state index in [1.54, 1.807) is 36.4 Å². The van der Waals surface area contributed by atoms with Gasteiger partial charge in [-0.1, -0.05) is 30.3 Å². The Hall–Kier alpha value is -3.61. The number of methoxy groups -OCH3 is 1. The monoisotopic (exact) mass is 365 g/mol. The third kappa shape index (κ3) is 3.52. The van der Waals surface area contributed by atoms with Crippen molar-refractivity contribution in [3.05, 3.63) is 92.1 Å². The van der Waals surface area contributed by atoms with Crippen LogP contribution in [0.25, 0.3) is 5.69 Å². The molecule has 3 aromatic rings. The second kappa shape index (κ2) is 7.33. The van der Waals surface area contributed by atoms with E-state index >= 15 is 0 Å². The van der Waals surface area contributed by atoms with Crippen LogP contribution in [0.5, 0.6) is 0 Å². The zero-order valence-electron chi connectivity index (χ0n) is 15.0. The van der Waals surface area contributed by atoms with Crippen LogP contribution in [0.1, 0.15) is 21.5 Å². The van der Waals surface area contributed by atoms with E-state index in [4.69, 9.17) is 5.73 Å². The summed E-state index contributed by atoms with van der Waals surface area (Å²) in [7, 11) is 1.30. The van der Waals surface area contributed by atoms with Gasteiger partial charge in [-0.2, -0.15) is 0 Å². The standard InChI is InChI=1S/C20H19N3O4/c1-13-5-3-4-6-16(13)23-17(21)11-18(24)22(20(23)26)12-14-7-9-15(10-8-14)19(25)27-2/h3-11H,12,21H2,1-2H3. The number of nitrogens with two attached hydrogens (primary N) is 1. The highest BCUT2D eigenvalue weighted by Gasteiger charge is 2.13. The number of rotatable bonds is 4. The zero-order valence-corrected chi connectivity index (χ0v) is 15.0. The molecule has 7 heteroatoms. The topological polar surface area (TPSA) is 96.3 Å². The third-order valence-electron chi connectivity index (χ3n) is 4.29. The maximum Gasteiger partial charge on any atom is 0.337 e.